The van der Waals surface area contributed by atoms with Crippen molar-refractivity contribution < 1.29 is 4.79 Å². The van der Waals surface area contributed by atoms with E-state index in [0.717, 1.165) is 31.6 Å². The van der Waals surface area contributed by atoms with Crippen molar-refractivity contribution in [3.05, 3.63) is 34.9 Å². The quantitative estimate of drug-likeness (QED) is 0.851. The first kappa shape index (κ1) is 12.4. The van der Waals surface area contributed by atoms with Gasteiger partial charge in [-0.05, 0) is 49.1 Å². The molecular formula is C16H21N3O. The molecule has 4 heteroatoms. The van der Waals surface area contributed by atoms with Gasteiger partial charge in [-0.15, -0.1) is 0 Å². The molecule has 4 rings (SSSR count). The maximum atomic E-state index is 12.4. The van der Waals surface area contributed by atoms with Crippen LogP contribution < -0.4 is 10.6 Å². The maximum Gasteiger partial charge on any atom is 0.251 e. The average Bonchev–Trinajstić information content (AvgIpc) is 3.14. The second kappa shape index (κ2) is 4.86. The van der Waals surface area contributed by atoms with Crippen molar-refractivity contribution in [2.24, 2.45) is 0 Å². The minimum atomic E-state index is 0.0958. The summed E-state index contributed by atoms with van der Waals surface area (Å²) >= 11 is 0. The number of fused-ring (bicyclic) bond motifs is 2. The first-order chi connectivity index (χ1) is 9.81. The summed E-state index contributed by atoms with van der Waals surface area (Å²) in [6.45, 7) is 4.17. The van der Waals surface area contributed by atoms with E-state index < -0.39 is 0 Å². The molecule has 3 aliphatic heterocycles. The number of amides is 1. The number of carbonyl (C=O) groups excluding carboxylic acids is 1. The van der Waals surface area contributed by atoms with E-state index in [2.05, 4.69) is 21.6 Å². The monoisotopic (exact) mass is 271 g/mol. The predicted octanol–water partition coefficient (Wildman–Crippen LogP) is 1.26. The molecule has 0 radical (unpaired) electrons. The van der Waals surface area contributed by atoms with Crippen molar-refractivity contribution in [3.63, 3.8) is 0 Å². The van der Waals surface area contributed by atoms with Crippen molar-refractivity contribution in [1.82, 2.24) is 15.5 Å². The second-order valence-corrected chi connectivity index (χ2v) is 6.20. The lowest BCUT2D eigenvalue weighted by atomic mass is 10.0. The molecule has 20 heavy (non-hydrogen) atoms. The number of nitrogens with zero attached hydrogens (tertiary/aromatic N) is 1. The molecule has 3 aliphatic rings. The third-order valence-corrected chi connectivity index (χ3v) is 5.02. The Labute approximate surface area is 119 Å². The van der Waals surface area contributed by atoms with E-state index >= 15 is 0 Å². The van der Waals surface area contributed by atoms with Crippen molar-refractivity contribution in [2.45, 2.75) is 44.4 Å². The van der Waals surface area contributed by atoms with Gasteiger partial charge in [-0.3, -0.25) is 9.69 Å². The lowest BCUT2D eigenvalue weighted by Gasteiger charge is -2.21. The summed E-state index contributed by atoms with van der Waals surface area (Å²) in [5, 5.41) is 6.58. The van der Waals surface area contributed by atoms with Gasteiger partial charge in [0, 0.05) is 37.3 Å². The van der Waals surface area contributed by atoms with Crippen molar-refractivity contribution >= 4 is 5.91 Å². The van der Waals surface area contributed by atoms with Crippen molar-refractivity contribution in [1.29, 1.82) is 0 Å². The Bertz CT molecular complexity index is 543. The van der Waals surface area contributed by atoms with Gasteiger partial charge >= 0.3 is 0 Å². The Morgan fingerprint density at radius 2 is 2.10 bits per heavy atom. The molecule has 1 aromatic carbocycles. The second-order valence-electron chi connectivity index (χ2n) is 6.20. The van der Waals surface area contributed by atoms with E-state index in [4.69, 9.17) is 0 Å². The Kier molecular flexibility index (Phi) is 3.00. The molecule has 0 bridgehead atoms. The molecule has 2 N–H and O–H groups in total. The molecule has 2 unspecified atom stereocenters. The molecule has 2 atom stereocenters. The van der Waals surface area contributed by atoms with Gasteiger partial charge in [0.25, 0.3) is 5.91 Å². The molecule has 0 aromatic heterocycles. The Balaban J connectivity index is 1.48. The Morgan fingerprint density at radius 1 is 1.20 bits per heavy atom. The summed E-state index contributed by atoms with van der Waals surface area (Å²) in [4.78, 5) is 15.0. The highest BCUT2D eigenvalue weighted by atomic mass is 16.1. The van der Waals surface area contributed by atoms with E-state index in [1.165, 1.54) is 30.5 Å². The first-order valence-corrected chi connectivity index (χ1v) is 7.69. The number of carbonyl (C=O) groups is 1. The number of nitrogens with one attached hydrogen (secondary N) is 2. The van der Waals surface area contributed by atoms with E-state index in [1.807, 2.05) is 12.1 Å². The number of hydrogen-bond donors (Lipinski definition) is 2. The fourth-order valence-corrected chi connectivity index (χ4v) is 3.94. The van der Waals surface area contributed by atoms with Crippen LogP contribution in [0.1, 0.15) is 40.7 Å². The molecule has 2 fully saturated rings. The van der Waals surface area contributed by atoms with Crippen LogP contribution >= 0.6 is 0 Å². The summed E-state index contributed by atoms with van der Waals surface area (Å²) in [6.07, 6.45) is 3.61. The van der Waals surface area contributed by atoms with Gasteiger partial charge in [0.1, 0.15) is 0 Å². The van der Waals surface area contributed by atoms with Crippen LogP contribution in [0, 0.1) is 0 Å². The van der Waals surface area contributed by atoms with E-state index in [0.29, 0.717) is 12.1 Å². The van der Waals surface area contributed by atoms with Crippen LogP contribution in [0.2, 0.25) is 0 Å². The Hall–Kier alpha value is -1.39. The Morgan fingerprint density at radius 3 is 3.05 bits per heavy atom. The highest BCUT2D eigenvalue weighted by Crippen LogP contribution is 2.28. The minimum absolute atomic E-state index is 0.0958. The van der Waals surface area contributed by atoms with E-state index in [1.54, 1.807) is 0 Å². The standard InChI is InChI=1S/C16H21N3O/c20-16(11-3-4-12-9-17-10-13(12)8-11)18-14-5-7-19-6-1-2-15(14)19/h3-4,8,14-15,17H,1-2,5-7,9-10H2,(H,18,20). The summed E-state index contributed by atoms with van der Waals surface area (Å²) in [5.74, 6) is 0.0958. The summed E-state index contributed by atoms with van der Waals surface area (Å²) in [6, 6.07) is 7.02. The van der Waals surface area contributed by atoms with Crippen LogP contribution in [-0.2, 0) is 13.1 Å². The zero-order valence-corrected chi connectivity index (χ0v) is 11.7. The molecule has 106 valence electrons. The normalized spacial score (nSPS) is 28.4. The summed E-state index contributed by atoms with van der Waals surface area (Å²) in [7, 11) is 0. The lowest BCUT2D eigenvalue weighted by Crippen LogP contribution is -2.42. The molecule has 1 amide bonds. The maximum absolute atomic E-state index is 12.4. The molecule has 1 aromatic rings. The zero-order chi connectivity index (χ0) is 13.5. The van der Waals surface area contributed by atoms with Crippen LogP contribution in [0.5, 0.6) is 0 Å². The largest absolute Gasteiger partial charge is 0.348 e. The first-order valence-electron chi connectivity index (χ1n) is 7.69. The van der Waals surface area contributed by atoms with Gasteiger partial charge < -0.3 is 10.6 Å². The zero-order valence-electron chi connectivity index (χ0n) is 11.7. The summed E-state index contributed by atoms with van der Waals surface area (Å²) < 4.78 is 0. The van der Waals surface area contributed by atoms with Gasteiger partial charge in [-0.2, -0.15) is 0 Å². The average molecular weight is 271 g/mol. The number of benzene rings is 1. The number of hydrogen-bond acceptors (Lipinski definition) is 3. The predicted molar refractivity (Wildman–Crippen MR) is 77.5 cm³/mol. The van der Waals surface area contributed by atoms with Crippen LogP contribution in [-0.4, -0.2) is 36.0 Å². The van der Waals surface area contributed by atoms with Crippen LogP contribution in [0.4, 0.5) is 0 Å². The van der Waals surface area contributed by atoms with Gasteiger partial charge in [-0.1, -0.05) is 6.07 Å². The van der Waals surface area contributed by atoms with Gasteiger partial charge in [-0.25, -0.2) is 0 Å². The highest BCUT2D eigenvalue weighted by Gasteiger charge is 2.37. The number of rotatable bonds is 2. The fraction of sp³-hybridized carbons (Fsp3) is 0.562. The molecule has 0 aliphatic carbocycles. The van der Waals surface area contributed by atoms with Crippen LogP contribution in [0.25, 0.3) is 0 Å². The topological polar surface area (TPSA) is 44.4 Å². The summed E-state index contributed by atoms with van der Waals surface area (Å²) in [5.41, 5.74) is 3.40. The van der Waals surface area contributed by atoms with Crippen molar-refractivity contribution in [3.8, 4) is 0 Å². The molecule has 4 nitrogen and oxygen atoms in total. The third kappa shape index (κ3) is 2.03. The smallest absolute Gasteiger partial charge is 0.251 e. The highest BCUT2D eigenvalue weighted by molar-refractivity contribution is 5.94. The van der Waals surface area contributed by atoms with Crippen LogP contribution in [0.3, 0.4) is 0 Å². The molecule has 0 spiro atoms. The van der Waals surface area contributed by atoms with E-state index in [-0.39, 0.29) is 5.91 Å². The molecular weight excluding hydrogens is 250 g/mol. The van der Waals surface area contributed by atoms with Gasteiger partial charge in [0.15, 0.2) is 0 Å². The van der Waals surface area contributed by atoms with Crippen LogP contribution in [0.15, 0.2) is 18.2 Å². The lowest BCUT2D eigenvalue weighted by molar-refractivity contribution is 0.0929. The molecule has 2 saturated heterocycles. The van der Waals surface area contributed by atoms with E-state index in [9.17, 15) is 4.79 Å². The van der Waals surface area contributed by atoms with Gasteiger partial charge in [0.05, 0.1) is 0 Å². The molecule has 0 saturated carbocycles. The SMILES string of the molecule is O=C(NC1CCN2CCCC12)c1ccc2c(c1)CNC2. The fourth-order valence-electron chi connectivity index (χ4n) is 3.94. The minimum Gasteiger partial charge on any atom is -0.348 e. The van der Waals surface area contributed by atoms with Gasteiger partial charge in [0.2, 0.25) is 0 Å². The third-order valence-electron chi connectivity index (χ3n) is 5.02. The molecule has 3 heterocycles. The van der Waals surface area contributed by atoms with Crippen molar-refractivity contribution in [2.75, 3.05) is 13.1 Å².